The molecule has 21 heavy (non-hydrogen) atoms. The van der Waals surface area contributed by atoms with Gasteiger partial charge in [-0.25, -0.2) is 0 Å². The first-order valence-corrected chi connectivity index (χ1v) is 8.15. The number of amides is 1. The Labute approximate surface area is 131 Å². The minimum Gasteiger partial charge on any atom is -0.334 e. The van der Waals surface area contributed by atoms with Crippen molar-refractivity contribution in [2.45, 2.75) is 39.2 Å². The molecule has 1 aromatic carbocycles. The Bertz CT molecular complexity index is 548. The Balaban J connectivity index is 1.87. The summed E-state index contributed by atoms with van der Waals surface area (Å²) in [4.78, 5) is 15.1. The van der Waals surface area contributed by atoms with E-state index in [-0.39, 0.29) is 5.91 Å². The average molecular weight is 307 g/mol. The zero-order valence-electron chi connectivity index (χ0n) is 12.8. The van der Waals surface area contributed by atoms with Gasteiger partial charge >= 0.3 is 0 Å². The number of carbonyl (C=O) groups excluding carboxylic acids is 1. The van der Waals surface area contributed by atoms with Gasteiger partial charge < -0.3 is 10.2 Å². The third kappa shape index (κ3) is 3.09. The van der Waals surface area contributed by atoms with E-state index in [1.807, 2.05) is 25.1 Å². The Kier molecular flexibility index (Phi) is 3.98. The van der Waals surface area contributed by atoms with Gasteiger partial charge in [-0.1, -0.05) is 24.6 Å². The highest BCUT2D eigenvalue weighted by Crippen LogP contribution is 2.46. The maximum Gasteiger partial charge on any atom is 0.254 e. The maximum absolute atomic E-state index is 13.0. The predicted molar refractivity (Wildman–Crippen MR) is 85.8 cm³/mol. The van der Waals surface area contributed by atoms with E-state index in [1.54, 1.807) is 0 Å². The van der Waals surface area contributed by atoms with Crippen LogP contribution in [-0.4, -0.2) is 36.5 Å². The molecule has 0 aromatic heterocycles. The number of hydrogen-bond acceptors (Lipinski definition) is 2. The lowest BCUT2D eigenvalue weighted by Gasteiger charge is -2.32. The molecular weight excluding hydrogens is 284 g/mol. The molecule has 1 heterocycles. The Morgan fingerprint density at radius 2 is 2.24 bits per heavy atom. The van der Waals surface area contributed by atoms with Gasteiger partial charge in [-0.15, -0.1) is 0 Å². The molecule has 0 spiro atoms. The van der Waals surface area contributed by atoms with E-state index in [9.17, 15) is 4.79 Å². The molecule has 1 aliphatic carbocycles. The molecule has 2 aliphatic rings. The van der Waals surface area contributed by atoms with E-state index >= 15 is 0 Å². The number of nitrogens with zero attached hydrogens (tertiary/aromatic N) is 1. The molecule has 1 amide bonds. The van der Waals surface area contributed by atoms with E-state index in [0.717, 1.165) is 37.2 Å². The van der Waals surface area contributed by atoms with Crippen molar-refractivity contribution in [1.82, 2.24) is 10.2 Å². The summed E-state index contributed by atoms with van der Waals surface area (Å²) in [6.07, 6.45) is 3.50. The molecule has 3 rings (SSSR count). The fourth-order valence-electron chi connectivity index (χ4n) is 3.05. The van der Waals surface area contributed by atoms with Crippen molar-refractivity contribution in [3.05, 3.63) is 34.3 Å². The second-order valence-corrected chi connectivity index (χ2v) is 7.21. The van der Waals surface area contributed by atoms with Gasteiger partial charge in [0.15, 0.2) is 0 Å². The monoisotopic (exact) mass is 306 g/mol. The standard InChI is InChI=1S/C17H23ClN2O/c1-12-14(4-3-5-15(12)18)16(21)20(11-17(2)7-8-17)13-6-9-19-10-13/h3-5,13,19H,6-11H2,1-2H3. The maximum atomic E-state index is 13.0. The van der Waals surface area contributed by atoms with Gasteiger partial charge in [0.05, 0.1) is 0 Å². The van der Waals surface area contributed by atoms with Crippen molar-refractivity contribution in [1.29, 1.82) is 0 Å². The highest BCUT2D eigenvalue weighted by atomic mass is 35.5. The Hall–Kier alpha value is -1.06. The molecule has 114 valence electrons. The lowest BCUT2D eigenvalue weighted by Crippen LogP contribution is -2.44. The van der Waals surface area contributed by atoms with E-state index in [4.69, 9.17) is 11.6 Å². The molecule has 1 aliphatic heterocycles. The third-order valence-corrected chi connectivity index (χ3v) is 5.30. The Morgan fingerprint density at radius 3 is 2.86 bits per heavy atom. The van der Waals surface area contributed by atoms with Crippen LogP contribution in [0.5, 0.6) is 0 Å². The molecule has 1 atom stereocenters. The molecule has 1 aromatic rings. The molecule has 1 unspecified atom stereocenters. The number of hydrogen-bond donors (Lipinski definition) is 1. The number of nitrogens with one attached hydrogen (secondary N) is 1. The highest BCUT2D eigenvalue weighted by molar-refractivity contribution is 6.31. The van der Waals surface area contributed by atoms with Crippen LogP contribution in [-0.2, 0) is 0 Å². The molecule has 3 nitrogen and oxygen atoms in total. The number of halogens is 1. The minimum absolute atomic E-state index is 0.136. The van der Waals surface area contributed by atoms with Crippen LogP contribution in [0.15, 0.2) is 18.2 Å². The van der Waals surface area contributed by atoms with Crippen LogP contribution in [0.4, 0.5) is 0 Å². The number of rotatable bonds is 4. The molecule has 0 bridgehead atoms. The van der Waals surface area contributed by atoms with Crippen molar-refractivity contribution in [2.24, 2.45) is 5.41 Å². The van der Waals surface area contributed by atoms with Gasteiger partial charge in [-0.2, -0.15) is 0 Å². The summed E-state index contributed by atoms with van der Waals surface area (Å²) in [5, 5.41) is 4.04. The molecule has 1 saturated carbocycles. The second-order valence-electron chi connectivity index (χ2n) is 6.80. The zero-order chi connectivity index (χ0) is 15.0. The van der Waals surface area contributed by atoms with Crippen molar-refractivity contribution >= 4 is 17.5 Å². The SMILES string of the molecule is Cc1c(Cl)cccc1C(=O)N(CC1(C)CC1)C1CCNC1. The van der Waals surface area contributed by atoms with Gasteiger partial charge in [0.1, 0.15) is 0 Å². The fraction of sp³-hybridized carbons (Fsp3) is 0.588. The van der Waals surface area contributed by atoms with Gasteiger partial charge in [-0.05, 0) is 55.8 Å². The van der Waals surface area contributed by atoms with E-state index in [1.165, 1.54) is 12.8 Å². The van der Waals surface area contributed by atoms with Crippen LogP contribution < -0.4 is 5.32 Å². The third-order valence-electron chi connectivity index (χ3n) is 4.89. The van der Waals surface area contributed by atoms with Crippen LogP contribution >= 0.6 is 11.6 Å². The molecule has 1 saturated heterocycles. The van der Waals surface area contributed by atoms with Crippen LogP contribution in [0.25, 0.3) is 0 Å². The van der Waals surface area contributed by atoms with Crippen molar-refractivity contribution < 1.29 is 4.79 Å². The van der Waals surface area contributed by atoms with Gasteiger partial charge in [0.2, 0.25) is 0 Å². The summed E-state index contributed by atoms with van der Waals surface area (Å²) in [6.45, 7) is 6.98. The number of carbonyl (C=O) groups is 1. The predicted octanol–water partition coefficient (Wildman–Crippen LogP) is 3.25. The van der Waals surface area contributed by atoms with E-state index in [0.29, 0.717) is 16.5 Å². The summed E-state index contributed by atoms with van der Waals surface area (Å²) in [7, 11) is 0. The van der Waals surface area contributed by atoms with E-state index in [2.05, 4.69) is 17.1 Å². The lowest BCUT2D eigenvalue weighted by molar-refractivity contribution is 0.0650. The molecule has 0 radical (unpaired) electrons. The summed E-state index contributed by atoms with van der Waals surface area (Å²) in [6, 6.07) is 5.92. The fourth-order valence-corrected chi connectivity index (χ4v) is 3.22. The molecule has 1 N–H and O–H groups in total. The first kappa shape index (κ1) is 14.9. The minimum atomic E-state index is 0.136. The molecule has 2 fully saturated rings. The van der Waals surface area contributed by atoms with Crippen LogP contribution in [0.1, 0.15) is 42.1 Å². The summed E-state index contributed by atoms with van der Waals surface area (Å²) < 4.78 is 0. The summed E-state index contributed by atoms with van der Waals surface area (Å²) in [5.74, 6) is 0.136. The van der Waals surface area contributed by atoms with Crippen LogP contribution in [0.3, 0.4) is 0 Å². The first-order chi connectivity index (χ1) is 10.0. The van der Waals surface area contributed by atoms with Gasteiger partial charge in [-0.3, -0.25) is 4.79 Å². The lowest BCUT2D eigenvalue weighted by atomic mass is 10.0. The molecular formula is C17H23ClN2O. The number of benzene rings is 1. The highest BCUT2D eigenvalue weighted by Gasteiger charge is 2.42. The average Bonchev–Trinajstić information content (AvgIpc) is 2.97. The van der Waals surface area contributed by atoms with Crippen molar-refractivity contribution in [2.75, 3.05) is 19.6 Å². The van der Waals surface area contributed by atoms with Gasteiger partial charge in [0, 0.05) is 29.7 Å². The molecule has 4 heteroatoms. The normalized spacial score (nSPS) is 23.1. The quantitative estimate of drug-likeness (QED) is 0.926. The smallest absolute Gasteiger partial charge is 0.254 e. The summed E-state index contributed by atoms with van der Waals surface area (Å²) >= 11 is 6.18. The van der Waals surface area contributed by atoms with Crippen LogP contribution in [0, 0.1) is 12.3 Å². The van der Waals surface area contributed by atoms with E-state index < -0.39 is 0 Å². The second kappa shape index (κ2) is 5.62. The van der Waals surface area contributed by atoms with Crippen LogP contribution in [0.2, 0.25) is 5.02 Å². The Morgan fingerprint density at radius 1 is 1.48 bits per heavy atom. The van der Waals surface area contributed by atoms with Crippen molar-refractivity contribution in [3.63, 3.8) is 0 Å². The first-order valence-electron chi connectivity index (χ1n) is 7.77. The topological polar surface area (TPSA) is 32.3 Å². The van der Waals surface area contributed by atoms with Crippen molar-refractivity contribution in [3.8, 4) is 0 Å². The zero-order valence-corrected chi connectivity index (χ0v) is 13.5. The summed E-state index contributed by atoms with van der Waals surface area (Å²) in [5.41, 5.74) is 1.96. The van der Waals surface area contributed by atoms with Gasteiger partial charge in [0.25, 0.3) is 5.91 Å². The largest absolute Gasteiger partial charge is 0.334 e.